The molecular weight excluding hydrogens is 298 g/mol. The zero-order valence-corrected chi connectivity index (χ0v) is 12.2. The van der Waals surface area contributed by atoms with Gasteiger partial charge in [-0.15, -0.1) is 0 Å². The molecule has 0 unspecified atom stereocenters. The van der Waals surface area contributed by atoms with E-state index in [0.29, 0.717) is 39.1 Å². The minimum atomic E-state index is -0.486. The summed E-state index contributed by atoms with van der Waals surface area (Å²) in [5.74, 6) is 1.00. The lowest BCUT2D eigenvalue weighted by molar-refractivity contribution is 0.0469. The first-order chi connectivity index (χ1) is 10.1. The third-order valence-corrected chi connectivity index (χ3v) is 3.38. The number of carbonyl (C=O) groups is 1. The summed E-state index contributed by atoms with van der Waals surface area (Å²) in [7, 11) is 0. The van der Waals surface area contributed by atoms with E-state index in [1.807, 2.05) is 0 Å². The number of aromatic nitrogens is 1. The molecule has 0 N–H and O–H groups in total. The van der Waals surface area contributed by atoms with Gasteiger partial charge in [-0.25, -0.2) is 4.79 Å². The summed E-state index contributed by atoms with van der Waals surface area (Å²) in [5, 5.41) is 4.14. The van der Waals surface area contributed by atoms with Crippen molar-refractivity contribution in [3.8, 4) is 11.5 Å². The molecule has 21 heavy (non-hydrogen) atoms. The molecule has 1 aromatic heterocycles. The van der Waals surface area contributed by atoms with Crippen LogP contribution in [0.15, 0.2) is 16.7 Å². The normalized spacial score (nSPS) is 12.5. The first kappa shape index (κ1) is 13.8. The first-order valence-corrected chi connectivity index (χ1v) is 6.62. The van der Waals surface area contributed by atoms with Crippen molar-refractivity contribution in [2.75, 3.05) is 6.79 Å². The van der Waals surface area contributed by atoms with Crippen LogP contribution in [0.5, 0.6) is 11.5 Å². The monoisotopic (exact) mass is 309 g/mol. The van der Waals surface area contributed by atoms with Gasteiger partial charge in [0, 0.05) is 0 Å². The summed E-state index contributed by atoms with van der Waals surface area (Å²) in [6, 6.07) is 3.41. The van der Waals surface area contributed by atoms with E-state index in [1.165, 1.54) is 0 Å². The molecule has 6 nitrogen and oxygen atoms in total. The Morgan fingerprint density at radius 1 is 1.38 bits per heavy atom. The Balaban J connectivity index is 1.74. The minimum Gasteiger partial charge on any atom is -0.457 e. The number of halogens is 1. The molecule has 0 amide bonds. The van der Waals surface area contributed by atoms with E-state index in [-0.39, 0.29) is 13.4 Å². The van der Waals surface area contributed by atoms with Gasteiger partial charge < -0.3 is 18.7 Å². The first-order valence-electron chi connectivity index (χ1n) is 6.24. The maximum atomic E-state index is 12.0. The van der Waals surface area contributed by atoms with Gasteiger partial charge in [0.25, 0.3) is 0 Å². The number of ether oxygens (including phenoxy) is 3. The van der Waals surface area contributed by atoms with Crippen LogP contribution in [0.3, 0.4) is 0 Å². The number of esters is 1. The summed E-state index contributed by atoms with van der Waals surface area (Å²) < 4.78 is 20.7. The number of rotatable bonds is 3. The molecule has 0 fully saturated rings. The average Bonchev–Trinajstić information content (AvgIpc) is 3.03. The second-order valence-corrected chi connectivity index (χ2v) is 4.99. The molecule has 2 heterocycles. The Kier molecular flexibility index (Phi) is 3.47. The highest BCUT2D eigenvalue weighted by molar-refractivity contribution is 6.32. The van der Waals surface area contributed by atoms with Gasteiger partial charge in [0.15, 0.2) is 11.5 Å². The Bertz CT molecular complexity index is 690. The summed E-state index contributed by atoms with van der Waals surface area (Å²) >= 11 is 6.07. The maximum absolute atomic E-state index is 12.0. The van der Waals surface area contributed by atoms with Crippen LogP contribution in [0, 0.1) is 13.8 Å². The summed E-state index contributed by atoms with van der Waals surface area (Å²) in [6.45, 7) is 3.55. The lowest BCUT2D eigenvalue weighted by Gasteiger charge is -2.06. The number of hydrogen-bond acceptors (Lipinski definition) is 6. The number of benzene rings is 1. The standard InChI is InChI=1S/C14H12ClNO5/c1-7-12(8(2)21-16-7)14(17)18-5-9-3-10(15)13-11(4-9)19-6-20-13/h3-4H,5-6H2,1-2H3. The fraction of sp³-hybridized carbons (Fsp3) is 0.286. The molecule has 1 aliphatic heterocycles. The van der Waals surface area contributed by atoms with Gasteiger partial charge in [-0.2, -0.15) is 0 Å². The van der Waals surface area contributed by atoms with Gasteiger partial charge in [-0.1, -0.05) is 16.8 Å². The summed E-state index contributed by atoms with van der Waals surface area (Å²) in [5.41, 5.74) is 1.56. The van der Waals surface area contributed by atoms with Crippen LogP contribution >= 0.6 is 11.6 Å². The van der Waals surface area contributed by atoms with Crippen LogP contribution in [-0.2, 0) is 11.3 Å². The molecule has 0 saturated heterocycles. The average molecular weight is 310 g/mol. The number of fused-ring (bicyclic) bond motifs is 1. The predicted molar refractivity (Wildman–Crippen MR) is 72.7 cm³/mol. The van der Waals surface area contributed by atoms with E-state index in [9.17, 15) is 4.79 Å². The quantitative estimate of drug-likeness (QED) is 0.812. The van der Waals surface area contributed by atoms with Crippen LogP contribution in [0.1, 0.15) is 27.4 Å². The van der Waals surface area contributed by atoms with Crippen LogP contribution in [0.25, 0.3) is 0 Å². The second kappa shape index (κ2) is 5.29. The van der Waals surface area contributed by atoms with E-state index < -0.39 is 5.97 Å². The van der Waals surface area contributed by atoms with Gasteiger partial charge in [0.1, 0.15) is 17.9 Å². The summed E-state index contributed by atoms with van der Waals surface area (Å²) in [6.07, 6.45) is 0. The Morgan fingerprint density at radius 2 is 2.19 bits per heavy atom. The minimum absolute atomic E-state index is 0.0687. The SMILES string of the molecule is Cc1noc(C)c1C(=O)OCc1cc(Cl)c2c(c1)OCO2. The molecule has 0 saturated carbocycles. The van der Waals surface area contributed by atoms with Gasteiger partial charge in [0.2, 0.25) is 6.79 Å². The molecule has 2 aromatic rings. The summed E-state index contributed by atoms with van der Waals surface area (Å²) in [4.78, 5) is 12.0. The molecule has 110 valence electrons. The fourth-order valence-corrected chi connectivity index (χ4v) is 2.39. The number of carbonyl (C=O) groups excluding carboxylic acids is 1. The Labute approximate surface area is 125 Å². The van der Waals surface area contributed by atoms with Crippen molar-refractivity contribution in [2.24, 2.45) is 0 Å². The van der Waals surface area contributed by atoms with E-state index in [2.05, 4.69) is 5.16 Å². The number of hydrogen-bond donors (Lipinski definition) is 0. The third kappa shape index (κ3) is 2.54. The van der Waals surface area contributed by atoms with Crippen molar-refractivity contribution in [2.45, 2.75) is 20.5 Å². The Morgan fingerprint density at radius 3 is 2.90 bits per heavy atom. The lowest BCUT2D eigenvalue weighted by atomic mass is 10.2. The van der Waals surface area contributed by atoms with Crippen LogP contribution in [0.2, 0.25) is 5.02 Å². The lowest BCUT2D eigenvalue weighted by Crippen LogP contribution is -2.07. The highest BCUT2D eigenvalue weighted by atomic mass is 35.5. The van der Waals surface area contributed by atoms with Crippen molar-refractivity contribution in [3.63, 3.8) is 0 Å². The van der Waals surface area contributed by atoms with Crippen molar-refractivity contribution >= 4 is 17.6 Å². The van der Waals surface area contributed by atoms with E-state index in [4.69, 9.17) is 30.3 Å². The number of nitrogens with zero attached hydrogens (tertiary/aromatic N) is 1. The van der Waals surface area contributed by atoms with Crippen LogP contribution < -0.4 is 9.47 Å². The van der Waals surface area contributed by atoms with Crippen molar-refractivity contribution in [1.29, 1.82) is 0 Å². The third-order valence-electron chi connectivity index (χ3n) is 3.09. The zero-order chi connectivity index (χ0) is 15.0. The topological polar surface area (TPSA) is 70.8 Å². The molecule has 0 atom stereocenters. The van der Waals surface area contributed by atoms with Crippen LogP contribution in [0.4, 0.5) is 0 Å². The smallest absolute Gasteiger partial charge is 0.344 e. The van der Waals surface area contributed by atoms with E-state index >= 15 is 0 Å². The van der Waals surface area contributed by atoms with Gasteiger partial charge in [-0.3, -0.25) is 0 Å². The van der Waals surface area contributed by atoms with Gasteiger partial charge in [-0.05, 0) is 31.5 Å². The van der Waals surface area contributed by atoms with Crippen molar-refractivity contribution < 1.29 is 23.5 Å². The van der Waals surface area contributed by atoms with E-state index in [1.54, 1.807) is 26.0 Å². The second-order valence-electron chi connectivity index (χ2n) is 4.59. The maximum Gasteiger partial charge on any atom is 0.344 e. The van der Waals surface area contributed by atoms with Crippen molar-refractivity contribution in [1.82, 2.24) is 5.16 Å². The molecule has 7 heteroatoms. The van der Waals surface area contributed by atoms with Crippen LogP contribution in [-0.4, -0.2) is 17.9 Å². The molecular formula is C14H12ClNO5. The molecule has 0 aliphatic carbocycles. The molecule has 0 radical (unpaired) electrons. The van der Waals surface area contributed by atoms with Crippen molar-refractivity contribution in [3.05, 3.63) is 39.7 Å². The van der Waals surface area contributed by atoms with E-state index in [0.717, 1.165) is 0 Å². The molecule has 1 aromatic carbocycles. The van der Waals surface area contributed by atoms with Gasteiger partial charge >= 0.3 is 5.97 Å². The molecule has 1 aliphatic rings. The fourth-order valence-electron chi connectivity index (χ4n) is 2.10. The molecule has 0 spiro atoms. The number of aryl methyl sites for hydroxylation is 2. The highest BCUT2D eigenvalue weighted by Gasteiger charge is 2.21. The largest absolute Gasteiger partial charge is 0.457 e. The predicted octanol–water partition coefficient (Wildman–Crippen LogP) is 3.03. The highest BCUT2D eigenvalue weighted by Crippen LogP contribution is 2.39. The van der Waals surface area contributed by atoms with Gasteiger partial charge in [0.05, 0.1) is 10.7 Å². The zero-order valence-electron chi connectivity index (χ0n) is 11.4. The molecule has 0 bridgehead atoms. The molecule has 3 rings (SSSR count). The Hall–Kier alpha value is -2.21.